The molecule has 0 aromatic heterocycles. The van der Waals surface area contributed by atoms with Crippen LogP contribution in [0.4, 0.5) is 4.79 Å². The van der Waals surface area contributed by atoms with E-state index in [9.17, 15) is 9.59 Å². The average Bonchev–Trinajstić information content (AvgIpc) is 2.68. The highest BCUT2D eigenvalue weighted by atomic mass is 79.9. The topological polar surface area (TPSA) is 76.7 Å². The van der Waals surface area contributed by atoms with Gasteiger partial charge in [-0.1, -0.05) is 36.7 Å². The summed E-state index contributed by atoms with van der Waals surface area (Å²) in [7, 11) is 0. The van der Waals surface area contributed by atoms with E-state index in [1.807, 2.05) is 27.7 Å². The maximum absolute atomic E-state index is 12.0. The lowest BCUT2D eigenvalue weighted by molar-refractivity contribution is -0.124. The number of nitrogens with one attached hydrogen (secondary N) is 2. The first-order valence-corrected chi connectivity index (χ1v) is 11.7. The number of rotatable bonds is 11. The molecule has 0 aromatic rings. The summed E-state index contributed by atoms with van der Waals surface area (Å²) in [5.74, 6) is 1.19. The van der Waals surface area contributed by atoms with E-state index in [-0.39, 0.29) is 36.2 Å². The Morgan fingerprint density at radius 1 is 1.07 bits per heavy atom. The first kappa shape index (κ1) is 25.2. The van der Waals surface area contributed by atoms with Crippen molar-refractivity contribution < 1.29 is 19.1 Å². The zero-order chi connectivity index (χ0) is 21.2. The Balaban J connectivity index is 2.20. The molecule has 7 heteroatoms. The number of alkyl carbamates (subject to hydrolysis) is 1. The Bertz CT molecular complexity index is 477. The molecule has 164 valence electrons. The molecule has 1 saturated carbocycles. The SMILES string of the molecule is CCC(C)(C)OC(CBr)COC(=O)NCC1CCC(CNC(=O)C(C)C)CC1. The molecule has 0 spiro atoms. The van der Waals surface area contributed by atoms with Crippen LogP contribution in [0.25, 0.3) is 0 Å². The van der Waals surface area contributed by atoms with Gasteiger partial charge in [-0.2, -0.15) is 0 Å². The number of amides is 2. The van der Waals surface area contributed by atoms with Crippen molar-refractivity contribution in [2.75, 3.05) is 25.0 Å². The third-order valence-corrected chi connectivity index (χ3v) is 6.22. The molecule has 2 N–H and O–H groups in total. The predicted molar refractivity (Wildman–Crippen MR) is 116 cm³/mol. The van der Waals surface area contributed by atoms with Crippen molar-refractivity contribution in [3.05, 3.63) is 0 Å². The van der Waals surface area contributed by atoms with Crippen LogP contribution in [0.5, 0.6) is 0 Å². The van der Waals surface area contributed by atoms with Gasteiger partial charge in [-0.25, -0.2) is 4.79 Å². The summed E-state index contributed by atoms with van der Waals surface area (Å²) in [5.41, 5.74) is -0.231. The number of ether oxygens (including phenoxy) is 2. The molecule has 28 heavy (non-hydrogen) atoms. The third-order valence-electron chi connectivity index (χ3n) is 5.50. The summed E-state index contributed by atoms with van der Waals surface area (Å²) in [4.78, 5) is 23.7. The average molecular weight is 463 g/mol. The minimum atomic E-state index is -0.379. The van der Waals surface area contributed by atoms with Gasteiger partial charge in [-0.05, 0) is 57.8 Å². The molecule has 1 aliphatic rings. The van der Waals surface area contributed by atoms with Crippen LogP contribution < -0.4 is 10.6 Å². The van der Waals surface area contributed by atoms with Crippen LogP contribution in [0.1, 0.15) is 66.7 Å². The lowest BCUT2D eigenvalue weighted by Gasteiger charge is -2.29. The van der Waals surface area contributed by atoms with Crippen molar-refractivity contribution in [1.29, 1.82) is 0 Å². The van der Waals surface area contributed by atoms with Crippen LogP contribution in [0.3, 0.4) is 0 Å². The molecule has 1 fully saturated rings. The van der Waals surface area contributed by atoms with Crippen molar-refractivity contribution in [2.24, 2.45) is 17.8 Å². The smallest absolute Gasteiger partial charge is 0.407 e. The fourth-order valence-corrected chi connectivity index (χ4v) is 3.50. The van der Waals surface area contributed by atoms with Crippen LogP contribution in [0.15, 0.2) is 0 Å². The third kappa shape index (κ3) is 10.1. The van der Waals surface area contributed by atoms with Crippen molar-refractivity contribution in [2.45, 2.75) is 78.4 Å². The van der Waals surface area contributed by atoms with Crippen molar-refractivity contribution in [3.8, 4) is 0 Å². The molecule has 2 amide bonds. The fourth-order valence-electron chi connectivity index (χ4n) is 3.18. The molecule has 0 radical (unpaired) electrons. The summed E-state index contributed by atoms with van der Waals surface area (Å²) < 4.78 is 11.3. The first-order chi connectivity index (χ1) is 13.2. The Morgan fingerprint density at radius 2 is 1.61 bits per heavy atom. The van der Waals surface area contributed by atoms with E-state index >= 15 is 0 Å². The molecule has 1 atom stereocenters. The second-order valence-corrected chi connectivity index (χ2v) is 9.42. The molecular formula is C21H39BrN2O4. The number of carbonyl (C=O) groups is 2. The maximum Gasteiger partial charge on any atom is 0.407 e. The van der Waals surface area contributed by atoms with Crippen molar-refractivity contribution in [3.63, 3.8) is 0 Å². The van der Waals surface area contributed by atoms with Gasteiger partial charge in [0.2, 0.25) is 5.91 Å². The number of halogens is 1. The quantitative estimate of drug-likeness (QED) is 0.449. The molecule has 1 rings (SSSR count). The highest BCUT2D eigenvalue weighted by Gasteiger charge is 2.24. The van der Waals surface area contributed by atoms with Crippen LogP contribution in [0.2, 0.25) is 0 Å². The molecule has 0 aliphatic heterocycles. The highest BCUT2D eigenvalue weighted by Crippen LogP contribution is 2.28. The van der Waals surface area contributed by atoms with Crippen LogP contribution >= 0.6 is 15.9 Å². The molecule has 6 nitrogen and oxygen atoms in total. The Kier molecular flexibility index (Phi) is 11.4. The monoisotopic (exact) mass is 462 g/mol. The maximum atomic E-state index is 12.0. The molecule has 1 unspecified atom stereocenters. The van der Waals surface area contributed by atoms with Gasteiger partial charge in [0.15, 0.2) is 0 Å². The van der Waals surface area contributed by atoms with Gasteiger partial charge < -0.3 is 20.1 Å². The summed E-state index contributed by atoms with van der Waals surface area (Å²) in [6.07, 6.45) is 4.68. The largest absolute Gasteiger partial charge is 0.447 e. The summed E-state index contributed by atoms with van der Waals surface area (Å²) in [6, 6.07) is 0. The van der Waals surface area contributed by atoms with Gasteiger partial charge in [-0.3, -0.25) is 4.79 Å². The summed E-state index contributed by atoms with van der Waals surface area (Å²) in [6.45, 7) is 11.6. The number of alkyl halides is 1. The number of carbonyl (C=O) groups excluding carboxylic acids is 2. The van der Waals surface area contributed by atoms with Gasteiger partial charge in [0.1, 0.15) is 12.7 Å². The molecule has 1 aliphatic carbocycles. The number of hydrogen-bond donors (Lipinski definition) is 2. The normalized spacial score (nSPS) is 21.2. The van der Waals surface area contributed by atoms with Gasteiger partial charge in [-0.15, -0.1) is 0 Å². The van der Waals surface area contributed by atoms with E-state index in [0.717, 1.165) is 38.6 Å². The van der Waals surface area contributed by atoms with Gasteiger partial charge >= 0.3 is 6.09 Å². The second kappa shape index (κ2) is 12.7. The molecule has 0 saturated heterocycles. The Morgan fingerprint density at radius 3 is 2.07 bits per heavy atom. The number of hydrogen-bond acceptors (Lipinski definition) is 4. The molecular weight excluding hydrogens is 424 g/mol. The zero-order valence-electron chi connectivity index (χ0n) is 18.2. The standard InChI is InChI=1S/C21H39BrN2O4/c1-6-21(4,5)28-18(11-22)14-27-20(26)24-13-17-9-7-16(8-10-17)12-23-19(25)15(2)3/h15-18H,6-14H2,1-5H3,(H,23,25)(H,24,26). The van der Waals surface area contributed by atoms with E-state index in [1.54, 1.807) is 0 Å². The van der Waals surface area contributed by atoms with Gasteiger partial charge in [0, 0.05) is 24.3 Å². The molecule has 0 bridgehead atoms. The summed E-state index contributed by atoms with van der Waals surface area (Å²) in [5, 5.41) is 6.54. The fraction of sp³-hybridized carbons (Fsp3) is 0.905. The highest BCUT2D eigenvalue weighted by molar-refractivity contribution is 9.09. The Labute approximate surface area is 179 Å². The first-order valence-electron chi connectivity index (χ1n) is 10.6. The minimum absolute atomic E-state index is 0.0362. The van der Waals surface area contributed by atoms with E-state index in [0.29, 0.717) is 23.7 Å². The molecule has 0 aromatic carbocycles. The zero-order valence-corrected chi connectivity index (χ0v) is 19.8. The van der Waals surface area contributed by atoms with Crippen LogP contribution in [-0.4, -0.2) is 48.7 Å². The molecule has 0 heterocycles. The Hall–Kier alpha value is -0.820. The van der Waals surface area contributed by atoms with Crippen molar-refractivity contribution >= 4 is 27.9 Å². The second-order valence-electron chi connectivity index (χ2n) is 8.77. The van der Waals surface area contributed by atoms with E-state index in [2.05, 4.69) is 33.5 Å². The summed E-state index contributed by atoms with van der Waals surface area (Å²) >= 11 is 3.42. The van der Waals surface area contributed by atoms with E-state index < -0.39 is 0 Å². The lowest BCUT2D eigenvalue weighted by atomic mass is 9.82. The predicted octanol–water partition coefficient (Wildman–Crippen LogP) is 4.26. The van der Waals surface area contributed by atoms with Crippen LogP contribution in [-0.2, 0) is 14.3 Å². The van der Waals surface area contributed by atoms with Crippen molar-refractivity contribution in [1.82, 2.24) is 10.6 Å². The van der Waals surface area contributed by atoms with E-state index in [1.165, 1.54) is 0 Å². The van der Waals surface area contributed by atoms with E-state index in [4.69, 9.17) is 9.47 Å². The van der Waals surface area contributed by atoms with Gasteiger partial charge in [0.05, 0.1) is 5.60 Å². The lowest BCUT2D eigenvalue weighted by Crippen LogP contribution is -2.38. The van der Waals surface area contributed by atoms with Crippen LogP contribution in [0, 0.1) is 17.8 Å². The van der Waals surface area contributed by atoms with Gasteiger partial charge in [0.25, 0.3) is 0 Å². The minimum Gasteiger partial charge on any atom is -0.447 e.